The zero-order valence-corrected chi connectivity index (χ0v) is 9.87. The second-order valence-electron chi connectivity index (χ2n) is 4.18. The highest BCUT2D eigenvalue weighted by Crippen LogP contribution is 2.28. The Morgan fingerprint density at radius 1 is 1.35 bits per heavy atom. The molecule has 0 bridgehead atoms. The van der Waals surface area contributed by atoms with Crippen molar-refractivity contribution >= 4 is 22.9 Å². The lowest BCUT2D eigenvalue weighted by Gasteiger charge is -2.12. The van der Waals surface area contributed by atoms with Gasteiger partial charge in [-0.25, -0.2) is 14.4 Å². The molecule has 88 valence electrons. The Morgan fingerprint density at radius 3 is 2.65 bits per heavy atom. The van der Waals surface area contributed by atoms with Crippen LogP contribution < -0.4 is 5.73 Å². The molecule has 0 radical (unpaired) electrons. The third kappa shape index (κ3) is 1.86. The molecule has 0 spiro atoms. The smallest absolute Gasteiger partial charge is 0.220 e. The first-order chi connectivity index (χ1) is 8.04. The predicted molar refractivity (Wildman–Crippen MR) is 68.1 cm³/mol. The van der Waals surface area contributed by atoms with Gasteiger partial charge in [-0.05, 0) is 18.1 Å². The summed E-state index contributed by atoms with van der Waals surface area (Å²) in [5.41, 5.74) is 7.49. The van der Waals surface area contributed by atoms with Crippen LogP contribution in [0.15, 0.2) is 18.7 Å². The van der Waals surface area contributed by atoms with Gasteiger partial charge in [-0.15, -0.1) is 0 Å². The summed E-state index contributed by atoms with van der Waals surface area (Å²) in [6.45, 7) is 7.61. The molecule has 0 amide bonds. The first-order valence-corrected chi connectivity index (χ1v) is 5.42. The number of fused-ring (bicyclic) bond motifs is 1. The molecule has 0 aliphatic heterocycles. The van der Waals surface area contributed by atoms with Gasteiger partial charge in [-0.2, -0.15) is 0 Å². The molecule has 17 heavy (non-hydrogen) atoms. The van der Waals surface area contributed by atoms with Gasteiger partial charge >= 0.3 is 0 Å². The molecule has 2 aromatic rings. The topological polar surface area (TPSA) is 51.8 Å². The third-order valence-corrected chi connectivity index (χ3v) is 2.65. The van der Waals surface area contributed by atoms with Gasteiger partial charge in [-0.3, -0.25) is 0 Å². The van der Waals surface area contributed by atoms with Gasteiger partial charge in [0.25, 0.3) is 0 Å². The lowest BCUT2D eigenvalue weighted by Crippen LogP contribution is -2.04. The van der Waals surface area contributed by atoms with Crippen LogP contribution in [0, 0.1) is 5.82 Å². The molecule has 0 saturated heterocycles. The molecule has 0 fully saturated rings. The molecule has 4 heteroatoms. The highest BCUT2D eigenvalue weighted by Gasteiger charge is 2.14. The monoisotopic (exact) mass is 231 g/mol. The van der Waals surface area contributed by atoms with E-state index in [1.807, 2.05) is 13.8 Å². The minimum absolute atomic E-state index is 0.142. The van der Waals surface area contributed by atoms with Crippen LogP contribution in [0.5, 0.6) is 0 Å². The van der Waals surface area contributed by atoms with Crippen LogP contribution in [0.1, 0.15) is 31.0 Å². The van der Waals surface area contributed by atoms with E-state index in [2.05, 4.69) is 16.5 Å². The van der Waals surface area contributed by atoms with E-state index < -0.39 is 0 Å². The van der Waals surface area contributed by atoms with Crippen molar-refractivity contribution < 1.29 is 4.39 Å². The summed E-state index contributed by atoms with van der Waals surface area (Å²) in [5, 5.41) is 0.698. The van der Waals surface area contributed by atoms with E-state index in [1.165, 1.54) is 12.1 Å². The van der Waals surface area contributed by atoms with Crippen molar-refractivity contribution in [2.24, 2.45) is 0 Å². The molecule has 2 rings (SSSR count). The highest BCUT2D eigenvalue weighted by molar-refractivity contribution is 5.90. The first-order valence-electron chi connectivity index (χ1n) is 5.42. The third-order valence-electron chi connectivity index (χ3n) is 2.65. The summed E-state index contributed by atoms with van der Waals surface area (Å²) in [5.74, 6) is 0.0360. The highest BCUT2D eigenvalue weighted by atomic mass is 19.1. The van der Waals surface area contributed by atoms with E-state index >= 15 is 0 Å². The molecule has 1 aromatic heterocycles. The average Bonchev–Trinajstić information content (AvgIpc) is 2.28. The Balaban J connectivity index is 2.96. The van der Waals surface area contributed by atoms with E-state index in [0.29, 0.717) is 16.5 Å². The quantitative estimate of drug-likeness (QED) is 0.863. The number of hydrogen-bond donors (Lipinski definition) is 1. The zero-order valence-electron chi connectivity index (χ0n) is 9.87. The van der Waals surface area contributed by atoms with Crippen molar-refractivity contribution in [1.82, 2.24) is 9.97 Å². The minimum atomic E-state index is -0.317. The Morgan fingerprint density at radius 2 is 2.06 bits per heavy atom. The van der Waals surface area contributed by atoms with Crippen LogP contribution in [0.25, 0.3) is 17.0 Å². The molecule has 2 N–H and O–H groups in total. The Hall–Kier alpha value is -1.97. The summed E-state index contributed by atoms with van der Waals surface area (Å²) in [6.07, 6.45) is 1.49. The number of benzene rings is 1. The van der Waals surface area contributed by atoms with Crippen molar-refractivity contribution in [1.29, 1.82) is 0 Å². The van der Waals surface area contributed by atoms with Crippen molar-refractivity contribution in [2.75, 3.05) is 5.73 Å². The van der Waals surface area contributed by atoms with Gasteiger partial charge in [-0.1, -0.05) is 26.5 Å². The van der Waals surface area contributed by atoms with Crippen LogP contribution >= 0.6 is 0 Å². The maximum Gasteiger partial charge on any atom is 0.220 e. The molecular weight excluding hydrogens is 217 g/mol. The van der Waals surface area contributed by atoms with Gasteiger partial charge in [0.1, 0.15) is 5.82 Å². The van der Waals surface area contributed by atoms with Crippen molar-refractivity contribution in [3.05, 3.63) is 35.8 Å². The maximum absolute atomic E-state index is 13.7. The molecule has 0 aliphatic carbocycles. The fourth-order valence-corrected chi connectivity index (χ4v) is 1.89. The number of nitrogen functional groups attached to an aromatic ring is 1. The second kappa shape index (κ2) is 4.13. The lowest BCUT2D eigenvalue weighted by atomic mass is 10.00. The Labute approximate surface area is 99.2 Å². The number of aromatic nitrogens is 2. The first kappa shape index (κ1) is 11.5. The van der Waals surface area contributed by atoms with Crippen molar-refractivity contribution in [2.45, 2.75) is 19.8 Å². The van der Waals surface area contributed by atoms with E-state index in [4.69, 9.17) is 5.73 Å². The molecule has 1 heterocycles. The molecule has 3 nitrogen and oxygen atoms in total. The Bertz CT molecular complexity index is 591. The molecule has 0 saturated carbocycles. The fourth-order valence-electron chi connectivity index (χ4n) is 1.89. The van der Waals surface area contributed by atoms with Gasteiger partial charge < -0.3 is 5.73 Å². The number of rotatable bonds is 2. The largest absolute Gasteiger partial charge is 0.368 e. The van der Waals surface area contributed by atoms with E-state index in [9.17, 15) is 4.39 Å². The molecule has 0 atom stereocenters. The van der Waals surface area contributed by atoms with Gasteiger partial charge in [0.05, 0.1) is 11.2 Å². The van der Waals surface area contributed by atoms with Crippen LogP contribution in [0.3, 0.4) is 0 Å². The predicted octanol–water partition coefficient (Wildman–Crippen LogP) is 3.12. The van der Waals surface area contributed by atoms with Crippen molar-refractivity contribution in [3.8, 4) is 0 Å². The second-order valence-corrected chi connectivity index (χ2v) is 4.18. The van der Waals surface area contributed by atoms with E-state index in [1.54, 1.807) is 6.07 Å². The SMILES string of the molecule is C=Cc1c(F)ccc2nc(N)nc(C(C)C)c12. The standard InChI is InChI=1S/C13H14FN3/c1-4-8-9(14)5-6-10-11(8)12(7(2)3)17-13(15)16-10/h4-7H,1H2,2-3H3,(H2,15,16,17). The normalized spacial score (nSPS) is 11.1. The van der Waals surface area contributed by atoms with Gasteiger partial charge in [0.2, 0.25) is 5.95 Å². The van der Waals surface area contributed by atoms with Crippen LogP contribution in [0.2, 0.25) is 0 Å². The number of nitrogens with zero attached hydrogens (tertiary/aromatic N) is 2. The summed E-state index contributed by atoms with van der Waals surface area (Å²) in [6, 6.07) is 2.98. The molecule has 0 unspecified atom stereocenters. The van der Waals surface area contributed by atoms with E-state index in [0.717, 1.165) is 5.69 Å². The summed E-state index contributed by atoms with van der Waals surface area (Å²) < 4.78 is 13.7. The maximum atomic E-state index is 13.7. The minimum Gasteiger partial charge on any atom is -0.368 e. The number of nitrogens with two attached hydrogens (primary N) is 1. The molecule has 1 aromatic carbocycles. The summed E-state index contributed by atoms with van der Waals surface area (Å²) >= 11 is 0. The number of hydrogen-bond acceptors (Lipinski definition) is 3. The lowest BCUT2D eigenvalue weighted by molar-refractivity contribution is 0.626. The van der Waals surface area contributed by atoms with Gasteiger partial charge in [0, 0.05) is 10.9 Å². The van der Waals surface area contributed by atoms with Gasteiger partial charge in [0.15, 0.2) is 0 Å². The number of halogens is 1. The summed E-state index contributed by atoms with van der Waals surface area (Å²) in [4.78, 5) is 8.32. The molecular formula is C13H14FN3. The van der Waals surface area contributed by atoms with Crippen LogP contribution in [0.4, 0.5) is 10.3 Å². The number of anilines is 1. The fraction of sp³-hybridized carbons (Fsp3) is 0.231. The summed E-state index contributed by atoms with van der Waals surface area (Å²) in [7, 11) is 0. The van der Waals surface area contributed by atoms with Crippen molar-refractivity contribution in [3.63, 3.8) is 0 Å². The Kier molecular flexibility index (Phi) is 2.79. The van der Waals surface area contributed by atoms with Crippen LogP contribution in [-0.4, -0.2) is 9.97 Å². The average molecular weight is 231 g/mol. The van der Waals surface area contributed by atoms with E-state index in [-0.39, 0.29) is 17.7 Å². The van der Waals surface area contributed by atoms with Crippen LogP contribution in [-0.2, 0) is 0 Å². The zero-order chi connectivity index (χ0) is 12.6. The molecule has 0 aliphatic rings.